The lowest BCUT2D eigenvalue weighted by atomic mass is 10.0. The van der Waals surface area contributed by atoms with Gasteiger partial charge in [0.2, 0.25) is 5.88 Å². The molecule has 1 heterocycles. The second kappa shape index (κ2) is 5.67. The third-order valence-electron chi connectivity index (χ3n) is 2.85. The number of hydrogen-bond donors (Lipinski definition) is 0. The third kappa shape index (κ3) is 3.09. The number of hydrogen-bond acceptors (Lipinski definition) is 4. The molecule has 0 amide bonds. The van der Waals surface area contributed by atoms with E-state index in [9.17, 15) is 4.79 Å². The zero-order valence-electron chi connectivity index (χ0n) is 10.7. The number of ether oxygens (including phenoxy) is 2. The van der Waals surface area contributed by atoms with Gasteiger partial charge in [-0.3, -0.25) is 0 Å². The van der Waals surface area contributed by atoms with Gasteiger partial charge in [-0.15, -0.1) is 0 Å². The van der Waals surface area contributed by atoms with Crippen molar-refractivity contribution in [2.75, 3.05) is 13.7 Å². The largest absolute Gasteiger partial charge is 0.481 e. The van der Waals surface area contributed by atoms with Gasteiger partial charge in [-0.2, -0.15) is 0 Å². The normalized spacial score (nSPS) is 15.3. The molecule has 0 aromatic carbocycles. The van der Waals surface area contributed by atoms with Crippen LogP contribution in [0, 0.1) is 5.92 Å². The molecule has 2 rings (SSSR count). The third-order valence-corrected chi connectivity index (χ3v) is 2.85. The van der Waals surface area contributed by atoms with Gasteiger partial charge in [0.25, 0.3) is 0 Å². The summed E-state index contributed by atoms with van der Waals surface area (Å²) in [5, 5.41) is 0. The minimum atomic E-state index is -0.282. The van der Waals surface area contributed by atoms with Crippen LogP contribution < -0.4 is 4.74 Å². The number of aromatic nitrogens is 1. The molecule has 1 aromatic heterocycles. The van der Waals surface area contributed by atoms with Crippen molar-refractivity contribution in [1.82, 2.24) is 4.98 Å². The Morgan fingerprint density at radius 2 is 2.33 bits per heavy atom. The van der Waals surface area contributed by atoms with Gasteiger partial charge in [-0.25, -0.2) is 9.78 Å². The number of esters is 1. The Balaban J connectivity index is 2.26. The standard InChI is InChI=1S/C14H17NO3/c1-3-18-14(16)9-12(10-4-5-10)11-6-7-15-13(8-11)17-2/h6-10H,3-5H2,1-2H3/b12-9-. The number of carbonyl (C=O) groups excluding carboxylic acids is 1. The van der Waals surface area contributed by atoms with E-state index in [1.807, 2.05) is 12.1 Å². The first kappa shape index (κ1) is 12.6. The van der Waals surface area contributed by atoms with E-state index in [0.717, 1.165) is 24.0 Å². The smallest absolute Gasteiger partial charge is 0.331 e. The molecule has 0 radical (unpaired) electrons. The molecular formula is C14H17NO3. The van der Waals surface area contributed by atoms with Gasteiger partial charge in [0.15, 0.2) is 0 Å². The summed E-state index contributed by atoms with van der Waals surface area (Å²) in [4.78, 5) is 15.6. The number of methoxy groups -OCH3 is 1. The highest BCUT2D eigenvalue weighted by molar-refractivity contribution is 5.92. The van der Waals surface area contributed by atoms with Gasteiger partial charge in [0.05, 0.1) is 13.7 Å². The van der Waals surface area contributed by atoms with Crippen LogP contribution in [0.2, 0.25) is 0 Å². The van der Waals surface area contributed by atoms with E-state index in [1.165, 1.54) is 0 Å². The molecule has 0 atom stereocenters. The van der Waals surface area contributed by atoms with E-state index in [-0.39, 0.29) is 5.97 Å². The van der Waals surface area contributed by atoms with Crippen LogP contribution in [0.4, 0.5) is 0 Å². The van der Waals surface area contributed by atoms with Gasteiger partial charge >= 0.3 is 5.97 Å². The molecule has 0 aliphatic heterocycles. The van der Waals surface area contributed by atoms with Crippen molar-refractivity contribution in [3.63, 3.8) is 0 Å². The molecule has 0 saturated heterocycles. The van der Waals surface area contributed by atoms with Gasteiger partial charge in [0.1, 0.15) is 0 Å². The summed E-state index contributed by atoms with van der Waals surface area (Å²) >= 11 is 0. The van der Waals surface area contributed by atoms with Crippen LogP contribution in [0.25, 0.3) is 5.57 Å². The van der Waals surface area contributed by atoms with Crippen LogP contribution in [-0.4, -0.2) is 24.7 Å². The number of carbonyl (C=O) groups is 1. The first-order chi connectivity index (χ1) is 8.74. The summed E-state index contributed by atoms with van der Waals surface area (Å²) < 4.78 is 10.1. The van der Waals surface area contributed by atoms with Crippen LogP contribution in [-0.2, 0) is 9.53 Å². The minimum Gasteiger partial charge on any atom is -0.481 e. The van der Waals surface area contributed by atoms with Gasteiger partial charge in [-0.1, -0.05) is 0 Å². The molecule has 18 heavy (non-hydrogen) atoms. The summed E-state index contributed by atoms with van der Waals surface area (Å²) in [7, 11) is 1.58. The number of allylic oxidation sites excluding steroid dienone is 1. The molecule has 0 spiro atoms. The molecule has 0 bridgehead atoms. The monoisotopic (exact) mass is 247 g/mol. The summed E-state index contributed by atoms with van der Waals surface area (Å²) in [5.74, 6) is 0.736. The Labute approximate surface area is 107 Å². The zero-order valence-corrected chi connectivity index (χ0v) is 10.7. The van der Waals surface area contributed by atoms with Crippen LogP contribution in [0.5, 0.6) is 5.88 Å². The summed E-state index contributed by atoms with van der Waals surface area (Å²) in [6, 6.07) is 3.75. The highest BCUT2D eigenvalue weighted by Crippen LogP contribution is 2.42. The molecule has 1 aromatic rings. The fourth-order valence-corrected chi connectivity index (χ4v) is 1.84. The maximum Gasteiger partial charge on any atom is 0.331 e. The summed E-state index contributed by atoms with van der Waals surface area (Å²) in [6.45, 7) is 2.20. The number of pyridine rings is 1. The SMILES string of the molecule is CCOC(=O)/C=C(\c1ccnc(OC)c1)C1CC1. The Hall–Kier alpha value is -1.84. The minimum absolute atomic E-state index is 0.282. The van der Waals surface area contributed by atoms with E-state index in [2.05, 4.69) is 4.98 Å². The van der Waals surface area contributed by atoms with Gasteiger partial charge in [-0.05, 0) is 42.9 Å². The van der Waals surface area contributed by atoms with Crippen molar-refractivity contribution in [3.8, 4) is 5.88 Å². The first-order valence-electron chi connectivity index (χ1n) is 6.13. The summed E-state index contributed by atoms with van der Waals surface area (Å²) in [6.07, 6.45) is 5.53. The second-order valence-electron chi connectivity index (χ2n) is 4.21. The highest BCUT2D eigenvalue weighted by Gasteiger charge is 2.28. The molecule has 1 aliphatic carbocycles. The van der Waals surface area contributed by atoms with Crippen molar-refractivity contribution in [2.24, 2.45) is 5.92 Å². The average molecular weight is 247 g/mol. The number of rotatable bonds is 5. The Kier molecular flexibility index (Phi) is 3.97. The molecule has 1 fully saturated rings. The molecule has 0 unspecified atom stereocenters. The van der Waals surface area contributed by atoms with Crippen molar-refractivity contribution in [3.05, 3.63) is 30.0 Å². The van der Waals surface area contributed by atoms with Crippen molar-refractivity contribution in [1.29, 1.82) is 0 Å². The Morgan fingerprint density at radius 3 is 2.94 bits per heavy atom. The number of nitrogens with zero attached hydrogens (tertiary/aromatic N) is 1. The zero-order chi connectivity index (χ0) is 13.0. The average Bonchev–Trinajstić information content (AvgIpc) is 3.20. The fourth-order valence-electron chi connectivity index (χ4n) is 1.84. The summed E-state index contributed by atoms with van der Waals surface area (Å²) in [5.41, 5.74) is 2.01. The maximum atomic E-state index is 11.6. The van der Waals surface area contributed by atoms with Crippen LogP contribution in [0.3, 0.4) is 0 Å². The molecule has 4 nitrogen and oxygen atoms in total. The van der Waals surface area contributed by atoms with E-state index >= 15 is 0 Å². The van der Waals surface area contributed by atoms with Crippen molar-refractivity contribution >= 4 is 11.5 Å². The van der Waals surface area contributed by atoms with E-state index < -0.39 is 0 Å². The van der Waals surface area contributed by atoms with E-state index in [0.29, 0.717) is 18.4 Å². The molecule has 96 valence electrons. The topological polar surface area (TPSA) is 48.4 Å². The van der Waals surface area contributed by atoms with Crippen LogP contribution in [0.15, 0.2) is 24.4 Å². The Bertz CT molecular complexity index is 464. The Morgan fingerprint density at radius 1 is 1.56 bits per heavy atom. The molecule has 0 N–H and O–H groups in total. The maximum absolute atomic E-state index is 11.6. The lowest BCUT2D eigenvalue weighted by Crippen LogP contribution is -2.02. The van der Waals surface area contributed by atoms with E-state index in [1.54, 1.807) is 26.3 Å². The van der Waals surface area contributed by atoms with Gasteiger partial charge in [0, 0.05) is 18.3 Å². The predicted molar refractivity (Wildman–Crippen MR) is 68.1 cm³/mol. The first-order valence-corrected chi connectivity index (χ1v) is 6.13. The van der Waals surface area contributed by atoms with Crippen molar-refractivity contribution < 1.29 is 14.3 Å². The molecule has 1 saturated carbocycles. The fraction of sp³-hybridized carbons (Fsp3) is 0.429. The van der Waals surface area contributed by atoms with Crippen molar-refractivity contribution in [2.45, 2.75) is 19.8 Å². The van der Waals surface area contributed by atoms with Crippen LogP contribution >= 0.6 is 0 Å². The second-order valence-corrected chi connectivity index (χ2v) is 4.21. The molecular weight excluding hydrogens is 230 g/mol. The molecule has 4 heteroatoms. The quantitative estimate of drug-likeness (QED) is 0.592. The lowest BCUT2D eigenvalue weighted by molar-refractivity contribution is -0.137. The lowest BCUT2D eigenvalue weighted by Gasteiger charge is -2.07. The van der Waals surface area contributed by atoms with Gasteiger partial charge < -0.3 is 9.47 Å². The van der Waals surface area contributed by atoms with E-state index in [4.69, 9.17) is 9.47 Å². The predicted octanol–water partition coefficient (Wildman–Crippen LogP) is 2.45. The molecule has 1 aliphatic rings. The highest BCUT2D eigenvalue weighted by atomic mass is 16.5. The van der Waals surface area contributed by atoms with Crippen LogP contribution in [0.1, 0.15) is 25.3 Å².